The van der Waals surface area contributed by atoms with Crippen molar-refractivity contribution in [3.05, 3.63) is 67.3 Å². The summed E-state index contributed by atoms with van der Waals surface area (Å²) in [6.45, 7) is 2.34. The Balaban J connectivity index is 1.97. The molecule has 0 aliphatic carbocycles. The number of fused-ring (bicyclic) bond motifs is 1. The van der Waals surface area contributed by atoms with Crippen LogP contribution in [0.2, 0.25) is 5.02 Å². The first-order valence-electron chi connectivity index (χ1n) is 8.97. The average Bonchev–Trinajstić information content (AvgIpc) is 2.92. The van der Waals surface area contributed by atoms with Gasteiger partial charge in [0.25, 0.3) is 5.56 Å². The van der Waals surface area contributed by atoms with E-state index in [9.17, 15) is 9.59 Å². The minimum Gasteiger partial charge on any atom is -0.339 e. The molecule has 140 valence electrons. The number of benzene rings is 1. The lowest BCUT2D eigenvalue weighted by Gasteiger charge is -2.16. The van der Waals surface area contributed by atoms with Gasteiger partial charge in [-0.1, -0.05) is 41.4 Å². The number of aryl methyl sites for hydroxylation is 1. The molecule has 7 nitrogen and oxygen atoms in total. The molecule has 1 aromatic carbocycles. The number of halogens is 1. The lowest BCUT2D eigenvalue weighted by Crippen LogP contribution is -2.42. The van der Waals surface area contributed by atoms with Gasteiger partial charge in [0, 0.05) is 24.2 Å². The van der Waals surface area contributed by atoms with Crippen LogP contribution >= 0.6 is 11.6 Å². The summed E-state index contributed by atoms with van der Waals surface area (Å²) >= 11 is 6.24. The fourth-order valence-corrected chi connectivity index (χ4v) is 3.73. The zero-order valence-corrected chi connectivity index (χ0v) is 15.7. The average molecular weight is 387 g/mol. The summed E-state index contributed by atoms with van der Waals surface area (Å²) in [4.78, 5) is 30.6. The van der Waals surface area contributed by atoms with E-state index in [-0.39, 0.29) is 18.1 Å². The first kappa shape index (κ1) is 17.7. The van der Waals surface area contributed by atoms with Crippen LogP contribution in [0.4, 0.5) is 0 Å². The summed E-state index contributed by atoms with van der Waals surface area (Å²) in [7, 11) is 0. The molecular weight excluding hydrogens is 368 g/mol. The molecule has 1 aliphatic heterocycles. The molecule has 0 amide bonds. The highest BCUT2D eigenvalue weighted by Crippen LogP contribution is 2.22. The van der Waals surface area contributed by atoms with Crippen LogP contribution in [0.5, 0.6) is 0 Å². The van der Waals surface area contributed by atoms with Gasteiger partial charge in [-0.3, -0.25) is 13.9 Å². The largest absolute Gasteiger partial charge is 0.339 e. The summed E-state index contributed by atoms with van der Waals surface area (Å²) in [5.41, 5.74) is 1.02. The van der Waals surface area contributed by atoms with Crippen LogP contribution in [0, 0.1) is 6.92 Å². The SMILES string of the molecule is Cc1nc(-c2c3n(c(=O)n(Cc4ccccc4Cl)c2=O)CCCCC3)no1. The second-order valence-corrected chi connectivity index (χ2v) is 7.09. The maximum atomic E-state index is 13.3. The van der Waals surface area contributed by atoms with Gasteiger partial charge in [-0.15, -0.1) is 0 Å². The van der Waals surface area contributed by atoms with Crippen molar-refractivity contribution in [1.29, 1.82) is 0 Å². The van der Waals surface area contributed by atoms with E-state index >= 15 is 0 Å². The molecule has 3 heterocycles. The van der Waals surface area contributed by atoms with E-state index in [1.165, 1.54) is 4.57 Å². The summed E-state index contributed by atoms with van der Waals surface area (Å²) in [6, 6.07) is 7.19. The van der Waals surface area contributed by atoms with Gasteiger partial charge >= 0.3 is 5.69 Å². The highest BCUT2D eigenvalue weighted by atomic mass is 35.5. The third kappa shape index (κ3) is 3.23. The lowest BCUT2D eigenvalue weighted by atomic mass is 10.1. The molecule has 1 aliphatic rings. The molecule has 0 saturated carbocycles. The van der Waals surface area contributed by atoms with Crippen LogP contribution in [-0.2, 0) is 19.5 Å². The van der Waals surface area contributed by atoms with Crippen molar-refractivity contribution in [2.45, 2.75) is 45.7 Å². The third-order valence-corrected chi connectivity index (χ3v) is 5.24. The third-order valence-electron chi connectivity index (χ3n) is 4.87. The van der Waals surface area contributed by atoms with Gasteiger partial charge in [-0.25, -0.2) is 4.79 Å². The highest BCUT2D eigenvalue weighted by Gasteiger charge is 2.24. The number of aromatic nitrogens is 4. The predicted octanol–water partition coefficient (Wildman–Crippen LogP) is 2.80. The zero-order valence-electron chi connectivity index (χ0n) is 14.9. The molecule has 0 N–H and O–H groups in total. The second kappa shape index (κ2) is 7.15. The van der Waals surface area contributed by atoms with Gasteiger partial charge in [-0.05, 0) is 30.9 Å². The van der Waals surface area contributed by atoms with Crippen LogP contribution in [0.1, 0.15) is 36.4 Å². The molecule has 0 fully saturated rings. The summed E-state index contributed by atoms with van der Waals surface area (Å²) in [5.74, 6) is 0.608. The predicted molar refractivity (Wildman–Crippen MR) is 101 cm³/mol. The van der Waals surface area contributed by atoms with Crippen LogP contribution in [0.15, 0.2) is 38.4 Å². The maximum Gasteiger partial charge on any atom is 0.331 e. The Morgan fingerprint density at radius 3 is 2.74 bits per heavy atom. The minimum atomic E-state index is -0.408. The van der Waals surface area contributed by atoms with Crippen LogP contribution in [0.3, 0.4) is 0 Å². The molecule has 0 atom stereocenters. The number of nitrogens with zero attached hydrogens (tertiary/aromatic N) is 4. The molecule has 0 unspecified atom stereocenters. The Bertz CT molecular complexity index is 1110. The summed E-state index contributed by atoms with van der Waals surface area (Å²) in [5, 5.41) is 4.45. The molecule has 27 heavy (non-hydrogen) atoms. The van der Waals surface area contributed by atoms with Crippen LogP contribution in [-0.4, -0.2) is 19.3 Å². The molecule has 4 rings (SSSR count). The molecule has 0 spiro atoms. The van der Waals surface area contributed by atoms with Crippen molar-refractivity contribution < 1.29 is 4.52 Å². The normalized spacial score (nSPS) is 14.0. The molecule has 0 bridgehead atoms. The van der Waals surface area contributed by atoms with E-state index in [2.05, 4.69) is 10.1 Å². The molecule has 0 radical (unpaired) electrons. The van der Waals surface area contributed by atoms with Gasteiger partial charge in [0.05, 0.1) is 6.54 Å². The van der Waals surface area contributed by atoms with Crippen molar-refractivity contribution in [2.75, 3.05) is 0 Å². The van der Waals surface area contributed by atoms with Gasteiger partial charge in [0.2, 0.25) is 11.7 Å². The second-order valence-electron chi connectivity index (χ2n) is 6.69. The van der Waals surface area contributed by atoms with E-state index in [1.54, 1.807) is 17.6 Å². The van der Waals surface area contributed by atoms with Gasteiger partial charge in [0.15, 0.2) is 0 Å². The van der Waals surface area contributed by atoms with Crippen molar-refractivity contribution in [1.82, 2.24) is 19.3 Å². The lowest BCUT2D eigenvalue weighted by molar-refractivity contribution is 0.394. The summed E-state index contributed by atoms with van der Waals surface area (Å²) in [6.07, 6.45) is 3.45. The Morgan fingerprint density at radius 1 is 1.19 bits per heavy atom. The van der Waals surface area contributed by atoms with Crippen molar-refractivity contribution in [2.24, 2.45) is 0 Å². The Labute approximate surface area is 160 Å². The number of rotatable bonds is 3. The van der Waals surface area contributed by atoms with E-state index in [0.29, 0.717) is 40.7 Å². The topological polar surface area (TPSA) is 82.9 Å². The summed E-state index contributed by atoms with van der Waals surface area (Å²) < 4.78 is 7.99. The standard InChI is InChI=1S/C19H19ClN4O3/c1-12-21-17(22-27-12)16-15-9-3-2-6-10-23(15)19(26)24(18(16)25)11-13-7-4-5-8-14(13)20/h4-5,7-8H,2-3,6,9-11H2,1H3. The first-order chi connectivity index (χ1) is 13.1. The van der Waals surface area contributed by atoms with E-state index in [4.69, 9.17) is 16.1 Å². The highest BCUT2D eigenvalue weighted by molar-refractivity contribution is 6.31. The Morgan fingerprint density at radius 2 is 2.00 bits per heavy atom. The zero-order chi connectivity index (χ0) is 19.0. The number of hydrogen-bond donors (Lipinski definition) is 0. The van der Waals surface area contributed by atoms with Crippen LogP contribution in [0.25, 0.3) is 11.4 Å². The smallest absolute Gasteiger partial charge is 0.331 e. The van der Waals surface area contributed by atoms with Crippen LogP contribution < -0.4 is 11.2 Å². The van der Waals surface area contributed by atoms with Gasteiger partial charge < -0.3 is 4.52 Å². The Kier molecular flexibility index (Phi) is 4.70. The monoisotopic (exact) mass is 386 g/mol. The number of hydrogen-bond acceptors (Lipinski definition) is 5. The van der Waals surface area contributed by atoms with Crippen molar-refractivity contribution in [3.63, 3.8) is 0 Å². The molecule has 2 aromatic heterocycles. The van der Waals surface area contributed by atoms with Gasteiger partial charge in [-0.2, -0.15) is 4.98 Å². The fraction of sp³-hybridized carbons (Fsp3) is 0.368. The molecule has 3 aromatic rings. The minimum absolute atomic E-state index is 0.0987. The van der Waals surface area contributed by atoms with E-state index in [1.807, 2.05) is 18.2 Å². The van der Waals surface area contributed by atoms with Crippen molar-refractivity contribution in [3.8, 4) is 11.4 Å². The maximum absolute atomic E-state index is 13.3. The first-order valence-corrected chi connectivity index (χ1v) is 9.34. The Hall–Kier alpha value is -2.67. The quantitative estimate of drug-likeness (QED) is 0.691. The van der Waals surface area contributed by atoms with Crippen molar-refractivity contribution >= 4 is 11.6 Å². The molecule has 0 saturated heterocycles. The molecular formula is C19H19ClN4O3. The van der Waals surface area contributed by atoms with E-state index < -0.39 is 5.56 Å². The van der Waals surface area contributed by atoms with E-state index in [0.717, 1.165) is 19.3 Å². The van der Waals surface area contributed by atoms with Gasteiger partial charge in [0.1, 0.15) is 5.56 Å². The fourth-order valence-electron chi connectivity index (χ4n) is 3.53. The molecule has 8 heteroatoms.